The molecular formula is C48H90. The Morgan fingerprint density at radius 3 is 0.708 bits per heavy atom. The van der Waals surface area contributed by atoms with Crippen LogP contribution < -0.4 is 0 Å². The van der Waals surface area contributed by atoms with Gasteiger partial charge in [0.2, 0.25) is 0 Å². The second-order valence-corrected chi connectivity index (χ2v) is 16.0. The largest absolute Gasteiger partial charge is 0.0654 e. The van der Waals surface area contributed by atoms with Crippen LogP contribution in [-0.4, -0.2) is 0 Å². The van der Waals surface area contributed by atoms with Crippen LogP contribution in [0.15, 0.2) is 18.2 Å². The fourth-order valence-electron chi connectivity index (χ4n) is 7.93. The van der Waals surface area contributed by atoms with Crippen LogP contribution in [0.2, 0.25) is 0 Å². The van der Waals surface area contributed by atoms with Gasteiger partial charge < -0.3 is 0 Å². The highest BCUT2D eigenvalue weighted by molar-refractivity contribution is 5.36. The molecule has 0 aromatic heterocycles. The van der Waals surface area contributed by atoms with E-state index in [4.69, 9.17) is 0 Å². The van der Waals surface area contributed by atoms with Crippen molar-refractivity contribution in [1.29, 1.82) is 0 Å². The Hall–Kier alpha value is -0.780. The van der Waals surface area contributed by atoms with E-state index < -0.39 is 0 Å². The minimum absolute atomic E-state index is 1.32. The Morgan fingerprint density at radius 2 is 0.458 bits per heavy atom. The van der Waals surface area contributed by atoms with Crippen molar-refractivity contribution in [1.82, 2.24) is 0 Å². The average molecular weight is 667 g/mol. The zero-order valence-electron chi connectivity index (χ0n) is 33.8. The van der Waals surface area contributed by atoms with E-state index in [0.29, 0.717) is 0 Å². The molecule has 0 saturated heterocycles. The molecule has 0 heterocycles. The molecule has 0 fully saturated rings. The molecule has 0 saturated carbocycles. The number of unbranched alkanes of at least 4 members (excludes halogenated alkanes) is 33. The maximum absolute atomic E-state index is 2.50. The summed E-state index contributed by atoms with van der Waals surface area (Å²) in [6, 6.07) is 7.40. The molecule has 1 aromatic carbocycles. The van der Waals surface area contributed by atoms with E-state index >= 15 is 0 Å². The van der Waals surface area contributed by atoms with Crippen LogP contribution in [0.3, 0.4) is 0 Å². The molecule has 0 spiro atoms. The molecular weight excluding hydrogens is 577 g/mol. The SMILES string of the molecule is CCCCCCCCCCCCCCc1cccc(CCCCCCCCCCCCCC)c1CCCCCCCCCCCCCC. The molecule has 1 aromatic rings. The van der Waals surface area contributed by atoms with Gasteiger partial charge in [-0.3, -0.25) is 0 Å². The van der Waals surface area contributed by atoms with Crippen LogP contribution in [0.4, 0.5) is 0 Å². The molecule has 0 bridgehead atoms. The minimum atomic E-state index is 1.32. The molecule has 1 rings (SSSR count). The Labute approximate surface area is 305 Å². The Bertz CT molecular complexity index is 700. The van der Waals surface area contributed by atoms with Crippen molar-refractivity contribution < 1.29 is 0 Å². The van der Waals surface area contributed by atoms with Crippen molar-refractivity contribution >= 4 is 0 Å². The quantitative estimate of drug-likeness (QED) is 0.0613. The van der Waals surface area contributed by atoms with Gasteiger partial charge in [-0.1, -0.05) is 251 Å². The lowest BCUT2D eigenvalue weighted by Crippen LogP contribution is -2.02. The highest BCUT2D eigenvalue weighted by Gasteiger charge is 2.09. The number of rotatable bonds is 39. The first-order chi connectivity index (χ1) is 23.8. The van der Waals surface area contributed by atoms with Gasteiger partial charge in [-0.15, -0.1) is 0 Å². The molecule has 0 amide bonds. The first kappa shape index (κ1) is 45.2. The van der Waals surface area contributed by atoms with E-state index in [2.05, 4.69) is 39.0 Å². The number of hydrogen-bond acceptors (Lipinski definition) is 0. The fourth-order valence-corrected chi connectivity index (χ4v) is 7.93. The molecule has 0 radical (unpaired) electrons. The monoisotopic (exact) mass is 667 g/mol. The Kier molecular flexibility index (Phi) is 35.3. The van der Waals surface area contributed by atoms with Gasteiger partial charge in [0.05, 0.1) is 0 Å². The van der Waals surface area contributed by atoms with E-state index in [-0.39, 0.29) is 0 Å². The first-order valence-corrected chi connectivity index (χ1v) is 22.9. The topological polar surface area (TPSA) is 0 Å². The summed E-state index contributed by atoms with van der Waals surface area (Å²) in [5.41, 5.74) is 5.19. The van der Waals surface area contributed by atoms with Gasteiger partial charge in [-0.2, -0.15) is 0 Å². The second kappa shape index (κ2) is 37.5. The molecule has 48 heavy (non-hydrogen) atoms. The summed E-state index contributed by atoms with van der Waals surface area (Å²) >= 11 is 0. The van der Waals surface area contributed by atoms with Crippen molar-refractivity contribution in [3.8, 4) is 0 Å². The number of aryl methyl sites for hydroxylation is 2. The van der Waals surface area contributed by atoms with Gasteiger partial charge >= 0.3 is 0 Å². The number of hydrogen-bond donors (Lipinski definition) is 0. The lowest BCUT2D eigenvalue weighted by Gasteiger charge is -2.16. The third kappa shape index (κ3) is 29.0. The van der Waals surface area contributed by atoms with Crippen molar-refractivity contribution in [3.63, 3.8) is 0 Å². The van der Waals surface area contributed by atoms with Crippen molar-refractivity contribution in [2.45, 2.75) is 271 Å². The van der Waals surface area contributed by atoms with Crippen molar-refractivity contribution in [2.24, 2.45) is 0 Å². The molecule has 0 heteroatoms. The lowest BCUT2D eigenvalue weighted by molar-refractivity contribution is 0.540. The van der Waals surface area contributed by atoms with Crippen LogP contribution in [-0.2, 0) is 19.3 Å². The highest BCUT2D eigenvalue weighted by atomic mass is 14.1. The normalized spacial score (nSPS) is 11.6. The predicted molar refractivity (Wildman–Crippen MR) is 221 cm³/mol. The summed E-state index contributed by atoms with van der Waals surface area (Å²) in [5, 5.41) is 0. The summed E-state index contributed by atoms with van der Waals surface area (Å²) in [6.07, 6.45) is 56.0. The number of benzene rings is 1. The van der Waals surface area contributed by atoms with Crippen molar-refractivity contribution in [3.05, 3.63) is 34.9 Å². The molecule has 0 aliphatic rings. The minimum Gasteiger partial charge on any atom is -0.0654 e. The lowest BCUT2D eigenvalue weighted by atomic mass is 9.90. The van der Waals surface area contributed by atoms with Crippen LogP contribution in [0.5, 0.6) is 0 Å². The van der Waals surface area contributed by atoms with Gasteiger partial charge in [0.25, 0.3) is 0 Å². The van der Waals surface area contributed by atoms with E-state index in [0.717, 1.165) is 0 Å². The molecule has 0 aliphatic carbocycles. The summed E-state index contributed by atoms with van der Waals surface area (Å²) in [4.78, 5) is 0. The molecule has 0 atom stereocenters. The maximum atomic E-state index is 2.50. The first-order valence-electron chi connectivity index (χ1n) is 22.9. The molecule has 0 nitrogen and oxygen atoms in total. The van der Waals surface area contributed by atoms with E-state index in [1.54, 1.807) is 16.7 Å². The van der Waals surface area contributed by atoms with Crippen molar-refractivity contribution in [2.75, 3.05) is 0 Å². The molecule has 282 valence electrons. The molecule has 0 unspecified atom stereocenters. The van der Waals surface area contributed by atoms with Crippen LogP contribution >= 0.6 is 0 Å². The van der Waals surface area contributed by atoms with Gasteiger partial charge in [0.1, 0.15) is 0 Å². The third-order valence-corrected chi connectivity index (χ3v) is 11.2. The van der Waals surface area contributed by atoms with E-state index in [1.807, 2.05) is 0 Å². The zero-order valence-corrected chi connectivity index (χ0v) is 33.8. The van der Waals surface area contributed by atoms with Crippen LogP contribution in [0, 0.1) is 0 Å². The maximum Gasteiger partial charge on any atom is -0.0273 e. The molecule has 0 N–H and O–H groups in total. The fraction of sp³-hybridized carbons (Fsp3) is 0.875. The van der Waals surface area contributed by atoms with Gasteiger partial charge in [0.15, 0.2) is 0 Å². The van der Waals surface area contributed by atoms with Gasteiger partial charge in [0, 0.05) is 0 Å². The second-order valence-electron chi connectivity index (χ2n) is 16.0. The standard InChI is InChI=1S/C48H90/c1-4-7-10-13-16-19-22-25-28-31-34-37-41-46-43-40-44-47(42-38-35-32-29-26-23-20-17-14-11-8-5-2)48(46)45-39-36-33-30-27-24-21-18-15-12-9-6-3/h40,43-44H,4-39,41-42,45H2,1-3H3. The third-order valence-electron chi connectivity index (χ3n) is 11.2. The predicted octanol–water partition coefficient (Wildman–Crippen LogP) is 17.4. The van der Waals surface area contributed by atoms with E-state index in [1.165, 1.54) is 250 Å². The van der Waals surface area contributed by atoms with Crippen LogP contribution in [0.25, 0.3) is 0 Å². The van der Waals surface area contributed by atoms with Gasteiger partial charge in [-0.05, 0) is 55.2 Å². The zero-order chi connectivity index (χ0) is 34.4. The Balaban J connectivity index is 2.37. The molecule has 0 aliphatic heterocycles. The Morgan fingerprint density at radius 1 is 0.250 bits per heavy atom. The smallest absolute Gasteiger partial charge is 0.0273 e. The summed E-state index contributed by atoms with van der Waals surface area (Å²) in [5.74, 6) is 0. The van der Waals surface area contributed by atoms with E-state index in [9.17, 15) is 0 Å². The average Bonchev–Trinajstić information content (AvgIpc) is 3.10. The summed E-state index contributed by atoms with van der Waals surface area (Å²) in [6.45, 7) is 6.95. The summed E-state index contributed by atoms with van der Waals surface area (Å²) in [7, 11) is 0. The summed E-state index contributed by atoms with van der Waals surface area (Å²) < 4.78 is 0. The highest BCUT2D eigenvalue weighted by Crippen LogP contribution is 2.24. The van der Waals surface area contributed by atoms with Gasteiger partial charge in [-0.25, -0.2) is 0 Å². The van der Waals surface area contributed by atoms with Crippen LogP contribution in [0.1, 0.15) is 269 Å².